The smallest absolute Gasteiger partial charge is 0.416 e. The molecule has 0 spiro atoms. The van der Waals surface area contributed by atoms with Gasteiger partial charge in [-0.1, -0.05) is 29.4 Å². The van der Waals surface area contributed by atoms with Crippen molar-refractivity contribution in [2.45, 2.75) is 32.2 Å². The van der Waals surface area contributed by atoms with Crippen LogP contribution in [0.2, 0.25) is 0 Å². The first-order valence-corrected chi connectivity index (χ1v) is 10.3. The number of nitrogens with zero attached hydrogens (tertiary/aromatic N) is 2. The second-order valence-corrected chi connectivity index (χ2v) is 7.64. The van der Waals surface area contributed by atoms with Crippen LogP contribution in [0.3, 0.4) is 0 Å². The molecule has 180 valence electrons. The second-order valence-electron chi connectivity index (χ2n) is 7.64. The van der Waals surface area contributed by atoms with Crippen molar-refractivity contribution in [1.82, 2.24) is 10.1 Å². The highest BCUT2D eigenvalue weighted by Crippen LogP contribution is 2.30. The summed E-state index contributed by atoms with van der Waals surface area (Å²) in [6, 6.07) is 12.7. The van der Waals surface area contributed by atoms with Gasteiger partial charge in [0.2, 0.25) is 5.76 Å². The molecule has 0 saturated heterocycles. The van der Waals surface area contributed by atoms with Crippen LogP contribution in [0.25, 0.3) is 11.3 Å². The van der Waals surface area contributed by atoms with Gasteiger partial charge in [-0.25, -0.2) is 0 Å². The van der Waals surface area contributed by atoms with Crippen LogP contribution in [-0.2, 0) is 22.3 Å². The molecule has 0 saturated carbocycles. The fraction of sp³-hybridized carbons (Fsp3) is 0.292. The van der Waals surface area contributed by atoms with Gasteiger partial charge in [0, 0.05) is 24.7 Å². The topological polar surface area (TPSA) is 81.9 Å². The molecule has 1 aromatic heterocycles. The number of rotatable bonds is 8. The minimum Gasteiger partial charge on any atom is -0.489 e. The van der Waals surface area contributed by atoms with Crippen LogP contribution in [0.4, 0.5) is 13.2 Å². The van der Waals surface area contributed by atoms with Crippen molar-refractivity contribution >= 4 is 11.9 Å². The lowest BCUT2D eigenvalue weighted by Crippen LogP contribution is -2.36. The Morgan fingerprint density at radius 3 is 2.56 bits per heavy atom. The van der Waals surface area contributed by atoms with E-state index in [1.807, 2.05) is 0 Å². The monoisotopic (exact) mass is 476 g/mol. The van der Waals surface area contributed by atoms with Gasteiger partial charge in [0.1, 0.15) is 18.1 Å². The van der Waals surface area contributed by atoms with Gasteiger partial charge in [0.25, 0.3) is 5.91 Å². The number of amides is 1. The van der Waals surface area contributed by atoms with E-state index in [-0.39, 0.29) is 18.8 Å². The zero-order chi connectivity index (χ0) is 24.9. The van der Waals surface area contributed by atoms with Gasteiger partial charge in [0.05, 0.1) is 19.1 Å². The maximum Gasteiger partial charge on any atom is 0.416 e. The summed E-state index contributed by atoms with van der Waals surface area (Å²) in [5.41, 5.74) is 0.600. The summed E-state index contributed by atoms with van der Waals surface area (Å²) in [6.45, 7) is 1.65. The normalized spacial score (nSPS) is 12.2. The van der Waals surface area contributed by atoms with E-state index in [9.17, 15) is 22.8 Å². The summed E-state index contributed by atoms with van der Waals surface area (Å²) in [6.07, 6.45) is -4.39. The van der Waals surface area contributed by atoms with Gasteiger partial charge in [-0.15, -0.1) is 0 Å². The van der Waals surface area contributed by atoms with E-state index in [1.165, 1.54) is 24.1 Å². The third-order valence-electron chi connectivity index (χ3n) is 5.18. The van der Waals surface area contributed by atoms with Crippen molar-refractivity contribution < 1.29 is 36.8 Å². The average molecular weight is 476 g/mol. The zero-order valence-corrected chi connectivity index (χ0v) is 18.8. The Hall–Kier alpha value is -3.82. The molecule has 0 aliphatic carbocycles. The number of methoxy groups -OCH3 is 1. The first kappa shape index (κ1) is 24.8. The Morgan fingerprint density at radius 1 is 1.12 bits per heavy atom. The van der Waals surface area contributed by atoms with Gasteiger partial charge in [-0.3, -0.25) is 9.59 Å². The van der Waals surface area contributed by atoms with E-state index in [0.717, 1.165) is 12.1 Å². The number of hydrogen-bond donors (Lipinski definition) is 0. The van der Waals surface area contributed by atoms with Crippen LogP contribution in [0.15, 0.2) is 59.1 Å². The van der Waals surface area contributed by atoms with Crippen LogP contribution in [0, 0.1) is 0 Å². The Morgan fingerprint density at radius 2 is 1.85 bits per heavy atom. The van der Waals surface area contributed by atoms with Crippen LogP contribution in [-0.4, -0.2) is 42.1 Å². The predicted octanol–water partition coefficient (Wildman–Crippen LogP) is 4.96. The molecule has 7 nitrogen and oxygen atoms in total. The van der Waals surface area contributed by atoms with Gasteiger partial charge in [0.15, 0.2) is 0 Å². The van der Waals surface area contributed by atoms with Gasteiger partial charge < -0.3 is 18.9 Å². The number of hydrogen-bond acceptors (Lipinski definition) is 6. The first-order valence-electron chi connectivity index (χ1n) is 10.3. The van der Waals surface area contributed by atoms with Crippen molar-refractivity contribution in [2.75, 3.05) is 14.2 Å². The van der Waals surface area contributed by atoms with E-state index in [4.69, 9.17) is 9.26 Å². The highest BCUT2D eigenvalue weighted by molar-refractivity contribution is 5.92. The van der Waals surface area contributed by atoms with Crippen LogP contribution < -0.4 is 4.74 Å². The highest BCUT2D eigenvalue weighted by Gasteiger charge is 2.30. The Balaban J connectivity index is 1.68. The van der Waals surface area contributed by atoms with E-state index in [2.05, 4.69) is 9.89 Å². The molecular weight excluding hydrogens is 453 g/mol. The lowest BCUT2D eigenvalue weighted by molar-refractivity contribution is -0.141. The second kappa shape index (κ2) is 10.4. The Labute approximate surface area is 194 Å². The lowest BCUT2D eigenvalue weighted by Gasteiger charge is -2.22. The van der Waals surface area contributed by atoms with Gasteiger partial charge in [-0.05, 0) is 36.8 Å². The molecule has 2 aromatic carbocycles. The zero-order valence-electron chi connectivity index (χ0n) is 18.8. The molecule has 1 amide bonds. The maximum absolute atomic E-state index is 12.9. The molecule has 0 N–H and O–H groups in total. The van der Waals surface area contributed by atoms with Crippen molar-refractivity contribution in [3.8, 4) is 17.0 Å². The maximum atomic E-state index is 12.9. The summed E-state index contributed by atoms with van der Waals surface area (Å²) in [5.74, 6) is -0.487. The fourth-order valence-corrected chi connectivity index (χ4v) is 3.10. The number of ether oxygens (including phenoxy) is 2. The number of halogens is 3. The number of benzene rings is 2. The SMILES string of the molecule is COC(=O)CC(C)N(C)C(=O)c1cc(-c2cccc(OCc3cccc(C(F)(F)F)c3)c2)no1. The summed E-state index contributed by atoms with van der Waals surface area (Å²) >= 11 is 0. The minimum absolute atomic E-state index is 0.00972. The Kier molecular flexibility index (Phi) is 7.60. The standard InChI is InChI=1S/C24H23F3N2O5/c1-15(10-22(30)32-3)29(2)23(31)21-13-20(28-34-21)17-7-5-9-19(12-17)33-14-16-6-4-8-18(11-16)24(25,26)27/h4-9,11-13,15H,10,14H2,1-3H3. The van der Waals surface area contributed by atoms with E-state index in [0.29, 0.717) is 22.6 Å². The van der Waals surface area contributed by atoms with Crippen LogP contribution in [0.5, 0.6) is 5.75 Å². The number of esters is 1. The summed E-state index contributed by atoms with van der Waals surface area (Å²) in [5, 5.41) is 3.93. The summed E-state index contributed by atoms with van der Waals surface area (Å²) in [7, 11) is 2.82. The highest BCUT2D eigenvalue weighted by atomic mass is 19.4. The van der Waals surface area contributed by atoms with E-state index < -0.39 is 29.7 Å². The molecule has 1 unspecified atom stereocenters. The summed E-state index contributed by atoms with van der Waals surface area (Å²) in [4.78, 5) is 25.5. The minimum atomic E-state index is -4.43. The molecule has 34 heavy (non-hydrogen) atoms. The molecule has 3 aromatic rings. The number of carbonyl (C=O) groups excluding carboxylic acids is 2. The molecule has 3 rings (SSSR count). The molecule has 0 aliphatic rings. The lowest BCUT2D eigenvalue weighted by atomic mass is 10.1. The van der Waals surface area contributed by atoms with Crippen LogP contribution >= 0.6 is 0 Å². The molecule has 0 fully saturated rings. The third-order valence-corrected chi connectivity index (χ3v) is 5.18. The molecule has 0 aliphatic heterocycles. The van der Waals surface area contributed by atoms with Crippen molar-refractivity contribution in [3.63, 3.8) is 0 Å². The van der Waals surface area contributed by atoms with E-state index >= 15 is 0 Å². The average Bonchev–Trinajstić information content (AvgIpc) is 3.32. The van der Waals surface area contributed by atoms with Gasteiger partial charge >= 0.3 is 12.1 Å². The summed E-state index contributed by atoms with van der Waals surface area (Å²) < 4.78 is 54.1. The number of aromatic nitrogens is 1. The molecule has 0 bridgehead atoms. The molecule has 1 atom stereocenters. The van der Waals surface area contributed by atoms with Gasteiger partial charge in [-0.2, -0.15) is 13.2 Å². The molecule has 10 heteroatoms. The molecule has 1 heterocycles. The molecule has 0 radical (unpaired) electrons. The third kappa shape index (κ3) is 6.15. The first-order chi connectivity index (χ1) is 16.1. The fourth-order valence-electron chi connectivity index (χ4n) is 3.10. The number of carbonyl (C=O) groups is 2. The largest absolute Gasteiger partial charge is 0.489 e. The van der Waals surface area contributed by atoms with E-state index in [1.54, 1.807) is 44.3 Å². The van der Waals surface area contributed by atoms with Crippen LogP contribution in [0.1, 0.15) is 35.0 Å². The van der Waals surface area contributed by atoms with Crippen molar-refractivity contribution in [1.29, 1.82) is 0 Å². The van der Waals surface area contributed by atoms with Crippen molar-refractivity contribution in [3.05, 3.63) is 71.5 Å². The number of alkyl halides is 3. The predicted molar refractivity (Wildman–Crippen MR) is 116 cm³/mol. The van der Waals surface area contributed by atoms with Crippen molar-refractivity contribution in [2.24, 2.45) is 0 Å². The Bertz CT molecular complexity index is 1160. The quantitative estimate of drug-likeness (QED) is 0.428. The molecular formula is C24H23F3N2O5.